The Hall–Kier alpha value is -2.61. The molecule has 0 aliphatic rings. The Morgan fingerprint density at radius 1 is 1.08 bits per heavy atom. The Bertz CT molecular complexity index is 887. The molecule has 3 rings (SSSR count). The van der Waals surface area contributed by atoms with E-state index in [4.69, 9.17) is 4.52 Å². The molecule has 25 heavy (non-hydrogen) atoms. The third-order valence-corrected chi connectivity index (χ3v) is 4.12. The molecule has 2 N–H and O–H groups in total. The van der Waals surface area contributed by atoms with Crippen LogP contribution in [-0.4, -0.2) is 11.1 Å². The van der Waals surface area contributed by atoms with Gasteiger partial charge in [0.15, 0.2) is 5.76 Å². The number of amides is 1. The van der Waals surface area contributed by atoms with E-state index >= 15 is 0 Å². The van der Waals surface area contributed by atoms with Crippen LogP contribution < -0.4 is 10.6 Å². The summed E-state index contributed by atoms with van der Waals surface area (Å²) in [6, 6.07) is 18.9. The fraction of sp³-hybridized carbons (Fsp3) is 0.0526. The van der Waals surface area contributed by atoms with Gasteiger partial charge in [0.25, 0.3) is 5.91 Å². The molecule has 6 heteroatoms. The highest BCUT2D eigenvalue weighted by molar-refractivity contribution is 14.1. The second kappa shape index (κ2) is 7.98. The zero-order chi connectivity index (χ0) is 17.6. The summed E-state index contributed by atoms with van der Waals surface area (Å²) in [5.41, 5.74) is 2.66. The maximum atomic E-state index is 12.7. The zero-order valence-electron chi connectivity index (χ0n) is 13.5. The first-order chi connectivity index (χ1) is 12.1. The fourth-order valence-electron chi connectivity index (χ4n) is 2.16. The van der Waals surface area contributed by atoms with Crippen molar-refractivity contribution < 1.29 is 9.32 Å². The van der Waals surface area contributed by atoms with E-state index in [9.17, 15) is 4.79 Å². The number of hydrogen-bond donors (Lipinski definition) is 2. The maximum absolute atomic E-state index is 12.7. The summed E-state index contributed by atoms with van der Waals surface area (Å²) in [5.74, 6) is 0.129. The number of nitrogens with zero attached hydrogens (tertiary/aromatic N) is 1. The Labute approximate surface area is 159 Å². The third kappa shape index (κ3) is 4.69. The summed E-state index contributed by atoms with van der Waals surface area (Å²) in [6.45, 7) is 1.81. The summed E-state index contributed by atoms with van der Waals surface area (Å²) >= 11 is 2.24. The Kier molecular flexibility index (Phi) is 5.49. The molecule has 0 bridgehead atoms. The Balaban J connectivity index is 1.85. The molecule has 1 aromatic heterocycles. The SMILES string of the molecule is Cc1cc(/C(=C\Nc2ccc(I)cc2)C(=O)Nc2ccccc2)on1. The number of carbonyl (C=O) groups is 1. The number of aryl methyl sites for hydroxylation is 1. The molecule has 1 heterocycles. The van der Waals surface area contributed by atoms with Crippen molar-refractivity contribution in [2.75, 3.05) is 10.6 Å². The quantitative estimate of drug-likeness (QED) is 0.442. The number of nitrogens with one attached hydrogen (secondary N) is 2. The number of halogens is 1. The Morgan fingerprint density at radius 2 is 1.80 bits per heavy atom. The van der Waals surface area contributed by atoms with Gasteiger partial charge in [0.05, 0.1) is 5.69 Å². The van der Waals surface area contributed by atoms with Crippen LogP contribution in [0.4, 0.5) is 11.4 Å². The topological polar surface area (TPSA) is 67.2 Å². The molecule has 0 radical (unpaired) electrons. The molecule has 0 unspecified atom stereocenters. The molecule has 0 saturated carbocycles. The Morgan fingerprint density at radius 3 is 2.44 bits per heavy atom. The van der Waals surface area contributed by atoms with Gasteiger partial charge in [0.1, 0.15) is 5.57 Å². The predicted octanol–water partition coefficient (Wildman–Crippen LogP) is 4.68. The summed E-state index contributed by atoms with van der Waals surface area (Å²) in [5, 5.41) is 9.86. The zero-order valence-corrected chi connectivity index (χ0v) is 15.7. The molecular weight excluding hydrogens is 429 g/mol. The van der Waals surface area contributed by atoms with E-state index < -0.39 is 0 Å². The second-order valence-electron chi connectivity index (χ2n) is 5.36. The number of para-hydroxylation sites is 1. The number of hydrogen-bond acceptors (Lipinski definition) is 4. The fourth-order valence-corrected chi connectivity index (χ4v) is 2.52. The van der Waals surface area contributed by atoms with Crippen molar-refractivity contribution in [3.8, 4) is 0 Å². The highest BCUT2D eigenvalue weighted by Crippen LogP contribution is 2.19. The second-order valence-corrected chi connectivity index (χ2v) is 6.61. The lowest BCUT2D eigenvalue weighted by molar-refractivity contribution is -0.111. The highest BCUT2D eigenvalue weighted by atomic mass is 127. The molecular formula is C19H16IN3O2. The van der Waals surface area contributed by atoms with Crippen LogP contribution in [0, 0.1) is 10.5 Å². The normalized spacial score (nSPS) is 11.2. The van der Waals surface area contributed by atoms with E-state index in [-0.39, 0.29) is 5.91 Å². The summed E-state index contributed by atoms with van der Waals surface area (Å²) in [6.07, 6.45) is 1.63. The van der Waals surface area contributed by atoms with Crippen molar-refractivity contribution in [1.82, 2.24) is 5.16 Å². The minimum atomic E-state index is -0.277. The standard InChI is InChI=1S/C19H16IN3O2/c1-13-11-18(25-23-13)17(12-21-15-9-7-14(20)8-10-15)19(24)22-16-5-3-2-4-6-16/h2-12,21H,1H3,(H,22,24)/b17-12+. The van der Waals surface area contributed by atoms with Crippen LogP contribution in [0.5, 0.6) is 0 Å². The van der Waals surface area contributed by atoms with Crippen LogP contribution >= 0.6 is 22.6 Å². The van der Waals surface area contributed by atoms with Crippen LogP contribution in [0.3, 0.4) is 0 Å². The van der Waals surface area contributed by atoms with E-state index in [0.717, 1.165) is 9.26 Å². The number of benzene rings is 2. The molecule has 0 spiro atoms. The van der Waals surface area contributed by atoms with Gasteiger partial charge in [-0.25, -0.2) is 0 Å². The number of carbonyl (C=O) groups excluding carboxylic acids is 1. The van der Waals surface area contributed by atoms with Crippen LogP contribution in [0.15, 0.2) is 71.4 Å². The maximum Gasteiger partial charge on any atom is 0.261 e. The van der Waals surface area contributed by atoms with Crippen molar-refractivity contribution >= 4 is 45.4 Å². The molecule has 0 saturated heterocycles. The number of aromatic nitrogens is 1. The van der Waals surface area contributed by atoms with Gasteiger partial charge in [-0.1, -0.05) is 23.4 Å². The van der Waals surface area contributed by atoms with E-state index in [1.165, 1.54) is 0 Å². The molecule has 126 valence electrons. The lowest BCUT2D eigenvalue weighted by Crippen LogP contribution is -2.14. The molecule has 0 aliphatic carbocycles. The van der Waals surface area contributed by atoms with E-state index in [1.54, 1.807) is 12.3 Å². The minimum Gasteiger partial charge on any atom is -0.361 e. The van der Waals surface area contributed by atoms with Gasteiger partial charge in [0.2, 0.25) is 0 Å². The van der Waals surface area contributed by atoms with E-state index in [1.807, 2.05) is 61.5 Å². The summed E-state index contributed by atoms with van der Waals surface area (Å²) in [4.78, 5) is 12.7. The van der Waals surface area contributed by atoms with Crippen molar-refractivity contribution in [3.05, 3.63) is 81.9 Å². The summed E-state index contributed by atoms with van der Waals surface area (Å²) in [7, 11) is 0. The van der Waals surface area contributed by atoms with Gasteiger partial charge in [-0.05, 0) is 65.9 Å². The van der Waals surface area contributed by atoms with Gasteiger partial charge in [-0.2, -0.15) is 0 Å². The van der Waals surface area contributed by atoms with Gasteiger partial charge in [0, 0.05) is 27.2 Å². The van der Waals surface area contributed by atoms with Crippen LogP contribution in [-0.2, 0) is 4.79 Å². The number of anilines is 2. The minimum absolute atomic E-state index is 0.277. The largest absolute Gasteiger partial charge is 0.361 e. The first-order valence-electron chi connectivity index (χ1n) is 7.64. The monoisotopic (exact) mass is 445 g/mol. The van der Waals surface area contributed by atoms with Crippen LogP contribution in [0.2, 0.25) is 0 Å². The molecule has 1 amide bonds. The van der Waals surface area contributed by atoms with Gasteiger partial charge in [-0.3, -0.25) is 4.79 Å². The molecule has 3 aromatic rings. The van der Waals surface area contributed by atoms with Crippen LogP contribution in [0.1, 0.15) is 11.5 Å². The van der Waals surface area contributed by atoms with Gasteiger partial charge in [-0.15, -0.1) is 0 Å². The van der Waals surface area contributed by atoms with Crippen molar-refractivity contribution in [3.63, 3.8) is 0 Å². The molecule has 0 aliphatic heterocycles. The molecule has 2 aromatic carbocycles. The average Bonchev–Trinajstić information content (AvgIpc) is 3.04. The predicted molar refractivity (Wildman–Crippen MR) is 107 cm³/mol. The van der Waals surface area contributed by atoms with Crippen molar-refractivity contribution in [2.24, 2.45) is 0 Å². The van der Waals surface area contributed by atoms with E-state index in [2.05, 4.69) is 38.4 Å². The van der Waals surface area contributed by atoms with Crippen molar-refractivity contribution in [1.29, 1.82) is 0 Å². The first kappa shape index (κ1) is 17.2. The summed E-state index contributed by atoms with van der Waals surface area (Å²) < 4.78 is 6.41. The lowest BCUT2D eigenvalue weighted by Gasteiger charge is -2.08. The van der Waals surface area contributed by atoms with E-state index in [0.29, 0.717) is 22.7 Å². The third-order valence-electron chi connectivity index (χ3n) is 3.40. The smallest absolute Gasteiger partial charge is 0.261 e. The highest BCUT2D eigenvalue weighted by Gasteiger charge is 2.17. The van der Waals surface area contributed by atoms with Gasteiger partial charge >= 0.3 is 0 Å². The molecule has 5 nitrogen and oxygen atoms in total. The average molecular weight is 445 g/mol. The molecule has 0 atom stereocenters. The van der Waals surface area contributed by atoms with Crippen LogP contribution in [0.25, 0.3) is 5.57 Å². The van der Waals surface area contributed by atoms with Gasteiger partial charge < -0.3 is 15.2 Å². The number of rotatable bonds is 5. The lowest BCUT2D eigenvalue weighted by atomic mass is 10.2. The molecule has 0 fully saturated rings. The first-order valence-corrected chi connectivity index (χ1v) is 8.72. The van der Waals surface area contributed by atoms with Crippen molar-refractivity contribution in [2.45, 2.75) is 6.92 Å².